The van der Waals surface area contributed by atoms with Gasteiger partial charge in [0.1, 0.15) is 11.6 Å². The van der Waals surface area contributed by atoms with Gasteiger partial charge >= 0.3 is 0 Å². The largest absolute Gasteiger partial charge is 0.396 e. The van der Waals surface area contributed by atoms with E-state index in [9.17, 15) is 19.5 Å². The Labute approximate surface area is 207 Å². The van der Waals surface area contributed by atoms with Gasteiger partial charge in [0, 0.05) is 25.2 Å². The van der Waals surface area contributed by atoms with E-state index in [0.717, 1.165) is 5.56 Å². The van der Waals surface area contributed by atoms with Gasteiger partial charge in [-0.1, -0.05) is 37.3 Å². The number of nitrogens with one attached hydrogen (secondary N) is 2. The number of rotatable bonds is 9. The van der Waals surface area contributed by atoms with Crippen LogP contribution in [-0.2, 0) is 25.7 Å². The Balaban J connectivity index is 1.66. The lowest BCUT2D eigenvalue weighted by molar-refractivity contribution is -0.148. The molecule has 1 spiro atoms. The van der Waals surface area contributed by atoms with E-state index in [1.807, 2.05) is 58.0 Å². The van der Waals surface area contributed by atoms with Crippen LogP contribution in [0.15, 0.2) is 30.3 Å². The highest BCUT2D eigenvalue weighted by Crippen LogP contribution is 2.64. The van der Waals surface area contributed by atoms with Crippen LogP contribution < -0.4 is 10.6 Å². The molecule has 3 aliphatic rings. The fourth-order valence-corrected chi connectivity index (χ4v) is 6.38. The summed E-state index contributed by atoms with van der Waals surface area (Å²) in [5, 5.41) is 15.4. The molecule has 2 unspecified atom stereocenters. The molecule has 3 N–H and O–H groups in total. The quantitative estimate of drug-likeness (QED) is 0.465. The summed E-state index contributed by atoms with van der Waals surface area (Å²) in [7, 11) is 0. The second-order valence-corrected chi connectivity index (χ2v) is 11.2. The fraction of sp³-hybridized carbons (Fsp3) is 0.667. The summed E-state index contributed by atoms with van der Waals surface area (Å²) in [4.78, 5) is 42.8. The zero-order chi connectivity index (χ0) is 25.4. The maximum Gasteiger partial charge on any atom is 0.246 e. The number of hydrogen-bond donors (Lipinski definition) is 3. The molecule has 192 valence electrons. The highest BCUT2D eigenvalue weighted by molar-refractivity contribution is 5.99. The molecule has 0 radical (unpaired) electrons. The standard InChI is InChI=1S/C27H39N3O5/c1-5-26-13-14-27(35-26)20(19(26)22(32)28-17-18-11-7-6-8-12-18)24(34)30(15-9-10-16-31)21(27)23(33)29-25(2,3)4/h6-8,11-12,19-21,31H,5,9-10,13-17H2,1-4H3,(H,28,32)(H,29,33)/t19-,20-,21?,26+,27?/m0/s1. The summed E-state index contributed by atoms with van der Waals surface area (Å²) < 4.78 is 6.73. The first-order valence-corrected chi connectivity index (χ1v) is 12.8. The normalized spacial score (nSPS) is 31.5. The van der Waals surface area contributed by atoms with E-state index in [4.69, 9.17) is 4.74 Å². The van der Waals surface area contributed by atoms with E-state index in [2.05, 4.69) is 10.6 Å². The Morgan fingerprint density at radius 3 is 2.49 bits per heavy atom. The van der Waals surface area contributed by atoms with Gasteiger partial charge < -0.3 is 25.4 Å². The van der Waals surface area contributed by atoms with Crippen LogP contribution in [0.5, 0.6) is 0 Å². The zero-order valence-corrected chi connectivity index (χ0v) is 21.3. The van der Waals surface area contributed by atoms with Crippen molar-refractivity contribution in [2.75, 3.05) is 13.2 Å². The van der Waals surface area contributed by atoms with Crippen molar-refractivity contribution in [1.82, 2.24) is 15.5 Å². The molecule has 3 heterocycles. The molecule has 3 fully saturated rings. The van der Waals surface area contributed by atoms with Crippen LogP contribution in [0.1, 0.15) is 65.4 Å². The first-order chi connectivity index (χ1) is 16.6. The van der Waals surface area contributed by atoms with E-state index in [0.29, 0.717) is 45.2 Å². The van der Waals surface area contributed by atoms with Gasteiger partial charge in [-0.05, 0) is 58.4 Å². The molecule has 1 aromatic rings. The number of aliphatic hydroxyl groups is 1. The number of hydrogen-bond acceptors (Lipinski definition) is 5. The van der Waals surface area contributed by atoms with Crippen molar-refractivity contribution < 1.29 is 24.2 Å². The summed E-state index contributed by atoms with van der Waals surface area (Å²) in [6, 6.07) is 8.88. The van der Waals surface area contributed by atoms with Gasteiger partial charge in [0.05, 0.1) is 17.4 Å². The van der Waals surface area contributed by atoms with Crippen LogP contribution >= 0.6 is 0 Å². The van der Waals surface area contributed by atoms with Crippen LogP contribution in [0.25, 0.3) is 0 Å². The maximum atomic E-state index is 13.9. The number of amides is 3. The van der Waals surface area contributed by atoms with Crippen molar-refractivity contribution in [1.29, 1.82) is 0 Å². The van der Waals surface area contributed by atoms with Gasteiger partial charge in [0.15, 0.2) is 0 Å². The highest BCUT2D eigenvalue weighted by Gasteiger charge is 2.78. The first-order valence-electron chi connectivity index (χ1n) is 12.8. The zero-order valence-electron chi connectivity index (χ0n) is 21.3. The van der Waals surface area contributed by atoms with Crippen molar-refractivity contribution in [2.45, 2.75) is 89.1 Å². The van der Waals surface area contributed by atoms with Crippen LogP contribution in [-0.4, -0.2) is 63.7 Å². The topological polar surface area (TPSA) is 108 Å². The van der Waals surface area contributed by atoms with Crippen LogP contribution in [0.2, 0.25) is 0 Å². The number of carbonyl (C=O) groups is 3. The van der Waals surface area contributed by atoms with Gasteiger partial charge in [-0.15, -0.1) is 0 Å². The third-order valence-corrected chi connectivity index (χ3v) is 7.83. The van der Waals surface area contributed by atoms with Gasteiger partial charge in [-0.25, -0.2) is 0 Å². The monoisotopic (exact) mass is 485 g/mol. The minimum Gasteiger partial charge on any atom is -0.396 e. The van der Waals surface area contributed by atoms with E-state index in [1.54, 1.807) is 4.90 Å². The summed E-state index contributed by atoms with van der Waals surface area (Å²) >= 11 is 0. The maximum absolute atomic E-state index is 13.9. The summed E-state index contributed by atoms with van der Waals surface area (Å²) in [5.41, 5.74) is -1.26. The number of aliphatic hydroxyl groups excluding tert-OH is 1. The molecule has 0 aromatic heterocycles. The molecule has 3 amide bonds. The third-order valence-electron chi connectivity index (χ3n) is 7.83. The fourth-order valence-electron chi connectivity index (χ4n) is 6.38. The smallest absolute Gasteiger partial charge is 0.246 e. The average Bonchev–Trinajstić information content (AvgIpc) is 3.41. The minimum atomic E-state index is -1.02. The minimum absolute atomic E-state index is 0.0232. The Kier molecular flexibility index (Phi) is 6.99. The third kappa shape index (κ3) is 4.47. The lowest BCUT2D eigenvalue weighted by Gasteiger charge is -2.35. The number of carbonyl (C=O) groups excluding carboxylic acids is 3. The molecule has 4 rings (SSSR count). The van der Waals surface area contributed by atoms with Crippen molar-refractivity contribution in [2.24, 2.45) is 11.8 Å². The SMILES string of the molecule is CC[C@]12CCC3(O1)C(C(=O)NC(C)(C)C)N(CCCCO)C(=O)[C@@H]3[C@H]2C(=O)NCc1ccccc1. The van der Waals surface area contributed by atoms with Gasteiger partial charge in [-0.2, -0.15) is 0 Å². The molecule has 35 heavy (non-hydrogen) atoms. The van der Waals surface area contributed by atoms with Crippen LogP contribution in [0.3, 0.4) is 0 Å². The summed E-state index contributed by atoms with van der Waals surface area (Å²) in [6.07, 6.45) is 2.92. The number of benzene rings is 1. The van der Waals surface area contributed by atoms with Crippen LogP contribution in [0, 0.1) is 11.8 Å². The number of ether oxygens (including phenoxy) is 1. The molecular weight excluding hydrogens is 446 g/mol. The van der Waals surface area contributed by atoms with Crippen molar-refractivity contribution >= 4 is 17.7 Å². The number of likely N-dealkylation sites (tertiary alicyclic amines) is 1. The Hall–Kier alpha value is -2.45. The average molecular weight is 486 g/mol. The Bertz CT molecular complexity index is 961. The second kappa shape index (κ2) is 9.54. The number of unbranched alkanes of at least 4 members (excludes halogenated alkanes) is 1. The lowest BCUT2D eigenvalue weighted by atomic mass is 9.65. The Morgan fingerprint density at radius 1 is 1.14 bits per heavy atom. The van der Waals surface area contributed by atoms with E-state index >= 15 is 0 Å². The van der Waals surface area contributed by atoms with E-state index in [1.165, 1.54) is 0 Å². The predicted octanol–water partition coefficient (Wildman–Crippen LogP) is 2.14. The van der Waals surface area contributed by atoms with E-state index < -0.39 is 34.6 Å². The van der Waals surface area contributed by atoms with Gasteiger partial charge in [0.25, 0.3) is 0 Å². The van der Waals surface area contributed by atoms with Crippen molar-refractivity contribution in [3.63, 3.8) is 0 Å². The van der Waals surface area contributed by atoms with Crippen LogP contribution in [0.4, 0.5) is 0 Å². The molecule has 8 nitrogen and oxygen atoms in total. The van der Waals surface area contributed by atoms with Crippen molar-refractivity contribution in [3.8, 4) is 0 Å². The predicted molar refractivity (Wildman–Crippen MR) is 131 cm³/mol. The molecule has 8 heteroatoms. The van der Waals surface area contributed by atoms with E-state index in [-0.39, 0.29) is 24.3 Å². The van der Waals surface area contributed by atoms with Gasteiger partial charge in [0.2, 0.25) is 17.7 Å². The molecule has 0 saturated carbocycles. The molecule has 5 atom stereocenters. The number of nitrogens with zero attached hydrogens (tertiary/aromatic N) is 1. The first kappa shape index (κ1) is 25.6. The molecule has 3 saturated heterocycles. The van der Waals surface area contributed by atoms with Gasteiger partial charge in [-0.3, -0.25) is 14.4 Å². The molecule has 1 aromatic carbocycles. The Morgan fingerprint density at radius 2 is 1.86 bits per heavy atom. The number of fused-ring (bicyclic) bond motifs is 1. The summed E-state index contributed by atoms with van der Waals surface area (Å²) in [5.74, 6) is -1.97. The molecule has 3 aliphatic heterocycles. The highest BCUT2D eigenvalue weighted by atomic mass is 16.5. The lowest BCUT2D eigenvalue weighted by Crippen LogP contribution is -2.58. The molecular formula is C27H39N3O5. The molecule has 2 bridgehead atoms. The van der Waals surface area contributed by atoms with Crippen molar-refractivity contribution in [3.05, 3.63) is 35.9 Å². The second-order valence-electron chi connectivity index (χ2n) is 11.2. The summed E-state index contributed by atoms with van der Waals surface area (Å²) in [6.45, 7) is 8.47. The molecule has 0 aliphatic carbocycles.